The molecule has 5 heteroatoms. The summed E-state index contributed by atoms with van der Waals surface area (Å²) in [5, 5.41) is 9.64. The minimum Gasteiger partial charge on any atom is -0.478 e. The van der Waals surface area contributed by atoms with Crippen molar-refractivity contribution in [3.63, 3.8) is 0 Å². The van der Waals surface area contributed by atoms with Crippen molar-refractivity contribution >= 4 is 29.2 Å². The first-order valence-corrected chi connectivity index (χ1v) is 5.90. The highest BCUT2D eigenvalue weighted by Crippen LogP contribution is 2.28. The predicted molar refractivity (Wildman–Crippen MR) is 71.4 cm³/mol. The van der Waals surface area contributed by atoms with Crippen molar-refractivity contribution in [2.24, 2.45) is 0 Å². The third-order valence-corrected chi connectivity index (χ3v) is 2.87. The molecule has 2 rings (SSSR count). The predicted octanol–water partition coefficient (Wildman–Crippen LogP) is 4.06. The molecule has 0 aliphatic rings. The number of hydrogen-bond acceptors (Lipinski definition) is 2. The summed E-state index contributed by atoms with van der Waals surface area (Å²) >= 11 is 11.7. The van der Waals surface area contributed by atoms with Crippen molar-refractivity contribution in [3.05, 3.63) is 51.8 Å². The van der Waals surface area contributed by atoms with Crippen LogP contribution in [0, 0.1) is 6.92 Å². The topological polar surface area (TPSA) is 50.2 Å². The molecule has 92 valence electrons. The van der Waals surface area contributed by atoms with E-state index < -0.39 is 5.97 Å². The molecule has 3 nitrogen and oxygen atoms in total. The van der Waals surface area contributed by atoms with E-state index in [4.69, 9.17) is 23.2 Å². The monoisotopic (exact) mass is 281 g/mol. The highest BCUT2D eigenvalue weighted by Gasteiger charge is 2.13. The van der Waals surface area contributed by atoms with Gasteiger partial charge >= 0.3 is 5.97 Å². The maximum atomic E-state index is 11.2. The molecule has 1 N–H and O–H groups in total. The fraction of sp³-hybridized carbons (Fsp3) is 0.0769. The van der Waals surface area contributed by atoms with Crippen LogP contribution in [-0.2, 0) is 0 Å². The van der Waals surface area contributed by atoms with Gasteiger partial charge in [-0.25, -0.2) is 9.78 Å². The van der Waals surface area contributed by atoms with Crippen molar-refractivity contribution < 1.29 is 9.90 Å². The van der Waals surface area contributed by atoms with Gasteiger partial charge in [0.05, 0.1) is 5.56 Å². The van der Waals surface area contributed by atoms with Crippen molar-refractivity contribution in [1.82, 2.24) is 4.98 Å². The van der Waals surface area contributed by atoms with E-state index in [1.54, 1.807) is 30.3 Å². The van der Waals surface area contributed by atoms with E-state index in [0.717, 1.165) is 5.56 Å². The standard InChI is InChI=1S/C13H9Cl2NO2/c1-7-2-3-9(13(17)18)10(4-7)8-5-11(14)16-12(15)6-8/h2-6H,1H3,(H,17,18). The average molecular weight is 282 g/mol. The normalized spacial score (nSPS) is 10.4. The molecule has 0 amide bonds. The summed E-state index contributed by atoms with van der Waals surface area (Å²) in [5.74, 6) is -0.992. The number of pyridine rings is 1. The number of carboxylic acid groups (broad SMARTS) is 1. The molecule has 0 unspecified atom stereocenters. The molecule has 18 heavy (non-hydrogen) atoms. The molecule has 0 spiro atoms. The molecular weight excluding hydrogens is 273 g/mol. The second-order valence-corrected chi connectivity index (χ2v) is 4.63. The number of nitrogens with zero attached hydrogens (tertiary/aromatic N) is 1. The Hall–Kier alpha value is -1.58. The molecule has 0 aliphatic carbocycles. The van der Waals surface area contributed by atoms with Crippen molar-refractivity contribution in [2.45, 2.75) is 6.92 Å². The zero-order chi connectivity index (χ0) is 13.3. The number of hydrogen-bond donors (Lipinski definition) is 1. The highest BCUT2D eigenvalue weighted by atomic mass is 35.5. The van der Waals surface area contributed by atoms with E-state index in [1.165, 1.54) is 0 Å². The van der Waals surface area contributed by atoms with Gasteiger partial charge in [-0.3, -0.25) is 0 Å². The lowest BCUT2D eigenvalue weighted by Crippen LogP contribution is -2.00. The van der Waals surface area contributed by atoms with E-state index in [1.807, 2.05) is 6.92 Å². The summed E-state index contributed by atoms with van der Waals surface area (Å²) < 4.78 is 0. The maximum Gasteiger partial charge on any atom is 0.336 e. The van der Waals surface area contributed by atoms with E-state index in [9.17, 15) is 9.90 Å². The zero-order valence-corrected chi connectivity index (χ0v) is 11.0. The Labute approximate surface area is 114 Å². The van der Waals surface area contributed by atoms with Gasteiger partial charge < -0.3 is 5.11 Å². The van der Waals surface area contributed by atoms with Gasteiger partial charge in [-0.2, -0.15) is 0 Å². The first-order valence-electron chi connectivity index (χ1n) is 5.15. The summed E-state index contributed by atoms with van der Waals surface area (Å²) in [6.45, 7) is 1.89. The fourth-order valence-corrected chi connectivity index (χ4v) is 2.16. The van der Waals surface area contributed by atoms with E-state index in [-0.39, 0.29) is 15.9 Å². The second-order valence-electron chi connectivity index (χ2n) is 3.86. The van der Waals surface area contributed by atoms with Crippen molar-refractivity contribution in [1.29, 1.82) is 0 Å². The molecule has 1 aromatic carbocycles. The van der Waals surface area contributed by atoms with Crippen LogP contribution in [0.25, 0.3) is 11.1 Å². The van der Waals surface area contributed by atoms with Gasteiger partial charge in [0, 0.05) is 0 Å². The van der Waals surface area contributed by atoms with Crippen LogP contribution in [-0.4, -0.2) is 16.1 Å². The molecule has 0 aliphatic heterocycles. The second kappa shape index (κ2) is 4.96. The van der Waals surface area contributed by atoms with Gasteiger partial charge in [0.15, 0.2) is 0 Å². The lowest BCUT2D eigenvalue weighted by Gasteiger charge is -2.08. The van der Waals surface area contributed by atoms with Crippen LogP contribution in [0.4, 0.5) is 0 Å². The molecular formula is C13H9Cl2NO2. The van der Waals surface area contributed by atoms with Crippen LogP contribution >= 0.6 is 23.2 Å². The minimum atomic E-state index is -0.992. The molecule has 0 atom stereocenters. The average Bonchev–Trinajstić information content (AvgIpc) is 2.27. The summed E-state index contributed by atoms with van der Waals surface area (Å²) in [4.78, 5) is 15.0. The largest absolute Gasteiger partial charge is 0.478 e. The van der Waals surface area contributed by atoms with Gasteiger partial charge in [-0.05, 0) is 36.2 Å². The van der Waals surface area contributed by atoms with Gasteiger partial charge in [-0.15, -0.1) is 0 Å². The molecule has 0 radical (unpaired) electrons. The molecule has 1 aromatic heterocycles. The van der Waals surface area contributed by atoms with Crippen LogP contribution in [0.5, 0.6) is 0 Å². The number of aryl methyl sites for hydroxylation is 1. The lowest BCUT2D eigenvalue weighted by molar-refractivity contribution is 0.0697. The number of carbonyl (C=O) groups is 1. The van der Waals surface area contributed by atoms with Gasteiger partial charge in [0.1, 0.15) is 10.3 Å². The third-order valence-electron chi connectivity index (χ3n) is 2.48. The van der Waals surface area contributed by atoms with E-state index in [2.05, 4.69) is 4.98 Å². The smallest absolute Gasteiger partial charge is 0.336 e. The number of halogens is 2. The molecule has 0 bridgehead atoms. The Bertz CT molecular complexity index is 606. The number of aromatic nitrogens is 1. The van der Waals surface area contributed by atoms with E-state index >= 15 is 0 Å². The van der Waals surface area contributed by atoms with Crippen LogP contribution in [0.3, 0.4) is 0 Å². The maximum absolute atomic E-state index is 11.2. The molecule has 0 saturated heterocycles. The number of aromatic carboxylic acids is 1. The summed E-state index contributed by atoms with van der Waals surface area (Å²) in [6.07, 6.45) is 0. The first-order chi connectivity index (χ1) is 8.47. The Balaban J connectivity index is 2.68. The quantitative estimate of drug-likeness (QED) is 0.845. The fourth-order valence-electron chi connectivity index (χ4n) is 1.70. The molecule has 0 fully saturated rings. The zero-order valence-electron chi connectivity index (χ0n) is 9.45. The minimum absolute atomic E-state index is 0.207. The van der Waals surface area contributed by atoms with Crippen molar-refractivity contribution in [3.8, 4) is 11.1 Å². The Morgan fingerprint density at radius 1 is 1.17 bits per heavy atom. The van der Waals surface area contributed by atoms with Crippen LogP contribution in [0.15, 0.2) is 30.3 Å². The Morgan fingerprint density at radius 3 is 2.33 bits per heavy atom. The summed E-state index contributed by atoms with van der Waals surface area (Å²) in [7, 11) is 0. The Morgan fingerprint density at radius 2 is 1.78 bits per heavy atom. The first kappa shape index (κ1) is 12.9. The van der Waals surface area contributed by atoms with Gasteiger partial charge in [-0.1, -0.05) is 40.9 Å². The molecule has 1 heterocycles. The van der Waals surface area contributed by atoms with Crippen molar-refractivity contribution in [2.75, 3.05) is 0 Å². The highest BCUT2D eigenvalue weighted by molar-refractivity contribution is 6.32. The van der Waals surface area contributed by atoms with E-state index in [0.29, 0.717) is 11.1 Å². The van der Waals surface area contributed by atoms with Crippen LogP contribution < -0.4 is 0 Å². The van der Waals surface area contributed by atoms with Crippen LogP contribution in [0.1, 0.15) is 15.9 Å². The van der Waals surface area contributed by atoms with Gasteiger partial charge in [0.2, 0.25) is 0 Å². The Kier molecular flexibility index (Phi) is 3.55. The SMILES string of the molecule is Cc1ccc(C(=O)O)c(-c2cc(Cl)nc(Cl)c2)c1. The van der Waals surface area contributed by atoms with Gasteiger partial charge in [0.25, 0.3) is 0 Å². The summed E-state index contributed by atoms with van der Waals surface area (Å²) in [6, 6.07) is 8.28. The lowest BCUT2D eigenvalue weighted by atomic mass is 9.98. The summed E-state index contributed by atoms with van der Waals surface area (Å²) in [5.41, 5.74) is 2.38. The molecule has 0 saturated carbocycles. The van der Waals surface area contributed by atoms with Crippen LogP contribution in [0.2, 0.25) is 10.3 Å². The molecule has 2 aromatic rings. The number of rotatable bonds is 2. The third kappa shape index (κ3) is 2.63. The number of benzene rings is 1. The number of carboxylic acids is 1.